The fourth-order valence-electron chi connectivity index (χ4n) is 2.51. The number of aromatic nitrogens is 2. The molecule has 1 amide bonds. The summed E-state index contributed by atoms with van der Waals surface area (Å²) >= 11 is 0. The van der Waals surface area contributed by atoms with E-state index in [9.17, 15) is 23.2 Å². The van der Waals surface area contributed by atoms with Crippen LogP contribution in [0.5, 0.6) is 0 Å². The number of alkyl halides is 1. The number of carbonyl (C=O) groups is 1. The maximum atomic E-state index is 14.2. The molecule has 1 aliphatic rings. The van der Waals surface area contributed by atoms with E-state index in [0.717, 1.165) is 0 Å². The number of hydrogen-bond acceptors (Lipinski definition) is 6. The van der Waals surface area contributed by atoms with Gasteiger partial charge in [-0.05, 0) is 11.7 Å². The van der Waals surface area contributed by atoms with Crippen LogP contribution in [-0.2, 0) is 39.2 Å². The number of ether oxygens (including phenoxy) is 2. The van der Waals surface area contributed by atoms with Crippen LogP contribution in [0, 0.1) is 11.7 Å². The number of amides is 1. The summed E-state index contributed by atoms with van der Waals surface area (Å²) in [5.41, 5.74) is 6.09. The first-order valence-corrected chi connectivity index (χ1v) is 9.25. The number of carbonyl (C=O) groups excluding carboxylic acids is 2. The van der Waals surface area contributed by atoms with Crippen molar-refractivity contribution in [2.75, 3.05) is 6.61 Å². The fourth-order valence-corrected chi connectivity index (χ4v) is 2.51. The van der Waals surface area contributed by atoms with Gasteiger partial charge in [-0.15, -0.1) is 0 Å². The largest absolute Gasteiger partial charge is 0.520 e. The Morgan fingerprint density at radius 1 is 1.48 bits per heavy atom. The second kappa shape index (κ2) is 14.2. The molecule has 4 atom stereocenters. The van der Waals surface area contributed by atoms with Crippen LogP contribution in [0.1, 0.15) is 46.8 Å². The minimum absolute atomic E-state index is 0. The fraction of sp³-hybridized carbons (Fsp3) is 0.667. The smallest absolute Gasteiger partial charge is 0.326 e. The molecule has 0 aliphatic carbocycles. The minimum Gasteiger partial charge on any atom is -0.520 e. The van der Waals surface area contributed by atoms with E-state index in [1.807, 2.05) is 0 Å². The van der Waals surface area contributed by atoms with Crippen LogP contribution in [0.15, 0.2) is 11.0 Å². The second-order valence-electron chi connectivity index (χ2n) is 6.83. The van der Waals surface area contributed by atoms with E-state index in [2.05, 4.69) is 24.1 Å². The molecule has 0 spiro atoms. The van der Waals surface area contributed by atoms with E-state index in [0.29, 0.717) is 10.8 Å². The number of esters is 1. The molecule has 2 heterocycles. The van der Waals surface area contributed by atoms with Gasteiger partial charge in [-0.3, -0.25) is 9.36 Å². The Kier molecular flexibility index (Phi) is 13.8. The Hall–Kier alpha value is -2.91. The van der Waals surface area contributed by atoms with Gasteiger partial charge in [0.1, 0.15) is 18.6 Å². The van der Waals surface area contributed by atoms with Crippen LogP contribution in [0.4, 0.5) is 14.6 Å². The first kappa shape index (κ1) is 30.3. The van der Waals surface area contributed by atoms with Crippen molar-refractivity contribution in [2.24, 2.45) is 5.92 Å². The molecule has 0 bridgehead atoms. The summed E-state index contributed by atoms with van der Waals surface area (Å²) in [5.74, 6) is -2.91. The van der Waals surface area contributed by atoms with Gasteiger partial charge in [-0.25, -0.2) is 13.6 Å². The van der Waals surface area contributed by atoms with Gasteiger partial charge in [0.25, 0.3) is 0 Å². The Bertz CT molecular complexity index is 756. The molecule has 1 saturated heterocycles. The van der Waals surface area contributed by atoms with Gasteiger partial charge < -0.3 is 30.3 Å². The standard InChI is InChI=1S/C15H19F2N4O5.C3H8.Fm.Ir/c1-7(2)11(19-6-22)14(23)25-5-8-3-9(16)13(26-8)21-4-10(17)12(18)20-15(21)24;1-3-2;;/h4,7-9,11,13H,3,5H2,1-2H3,(H3,18,19,20,22,24);3H2,1-2H3;;/q-1;;;/p-1. The van der Waals surface area contributed by atoms with E-state index in [1.54, 1.807) is 13.8 Å². The topological polar surface area (TPSA) is 123 Å². The molecule has 1 aromatic heterocycles. The molecule has 2 N–H and O–H groups in total. The summed E-state index contributed by atoms with van der Waals surface area (Å²) in [7, 11) is 0. The van der Waals surface area contributed by atoms with Crippen LogP contribution in [0.2, 0.25) is 0 Å². The van der Waals surface area contributed by atoms with E-state index in [4.69, 9.17) is 15.2 Å². The van der Waals surface area contributed by atoms with Crippen molar-refractivity contribution in [1.29, 1.82) is 0 Å². The average Bonchev–Trinajstić information content (AvgIpc) is 3.01. The zero-order chi connectivity index (χ0) is 22.1. The summed E-state index contributed by atoms with van der Waals surface area (Å²) in [5, 5.41) is 2.21. The molecule has 1 radical (unpaired) electrons. The molecule has 4 unspecified atom stereocenters. The number of hydrogen-bond donors (Lipinski definition) is 1. The van der Waals surface area contributed by atoms with Crippen LogP contribution >= 0.6 is 0 Å². The third-order valence-electron chi connectivity index (χ3n) is 3.86. The molecular weight excluding hydrogens is 839 g/mol. The predicted octanol–water partition coefficient (Wildman–Crippen LogP) is 2.33. The van der Waals surface area contributed by atoms with Crippen LogP contribution in [-0.4, -0.2) is 46.9 Å². The Balaban J connectivity index is 0. The third-order valence-corrected chi connectivity index (χ3v) is 3.86. The molecule has 1 fully saturated rings. The molecule has 1 aromatic rings. The zero-order valence-corrected chi connectivity index (χ0v) is 22.2. The van der Waals surface area contributed by atoms with Crippen LogP contribution in [0.3, 0.4) is 0 Å². The van der Waals surface area contributed by atoms with Crippen LogP contribution in [0.25, 0.3) is 5.73 Å². The molecule has 13 heteroatoms. The molecule has 0 saturated carbocycles. The molecular formula is C18H26F2FmIrN4O5-2. The first-order chi connectivity index (χ1) is 13.7. The van der Waals surface area contributed by atoms with Crippen molar-refractivity contribution in [1.82, 2.24) is 14.9 Å². The van der Waals surface area contributed by atoms with Gasteiger partial charge in [-0.1, -0.05) is 34.1 Å². The summed E-state index contributed by atoms with van der Waals surface area (Å²) < 4.78 is 38.6. The summed E-state index contributed by atoms with van der Waals surface area (Å²) in [6.45, 7) is 7.33. The Labute approximate surface area is 187 Å². The van der Waals surface area contributed by atoms with Gasteiger partial charge in [0, 0.05) is 32.7 Å². The molecule has 1 aliphatic heterocycles. The second-order valence-corrected chi connectivity index (χ2v) is 6.83. The molecule has 185 valence electrons. The van der Waals surface area contributed by atoms with Crippen molar-refractivity contribution >= 4 is 18.2 Å². The van der Waals surface area contributed by atoms with Crippen molar-refractivity contribution in [3.8, 4) is 0 Å². The van der Waals surface area contributed by atoms with E-state index < -0.39 is 47.8 Å². The number of nitrogens with zero attached hydrogens (tertiary/aromatic N) is 2. The monoisotopic (exact) mass is 866 g/mol. The number of rotatable bonds is 7. The van der Waals surface area contributed by atoms with Crippen LogP contribution < -0.4 is 11.0 Å². The van der Waals surface area contributed by atoms with Gasteiger partial charge in [0.2, 0.25) is 5.69 Å². The van der Waals surface area contributed by atoms with Gasteiger partial charge >= 0.3 is 5.97 Å². The number of halogens is 2. The Morgan fingerprint density at radius 2 is 2.06 bits per heavy atom. The van der Waals surface area contributed by atoms with E-state index >= 15 is 0 Å². The summed E-state index contributed by atoms with van der Waals surface area (Å²) in [6.07, 6.45) is -0.813. The van der Waals surface area contributed by atoms with Crippen molar-refractivity contribution in [3.05, 3.63) is 28.2 Å². The first-order valence-electron chi connectivity index (χ1n) is 9.25. The van der Waals surface area contributed by atoms with Gasteiger partial charge in [0.05, 0.1) is 12.1 Å². The number of nitrogens with one attached hydrogen (secondary N) is 2. The van der Waals surface area contributed by atoms with Crippen molar-refractivity contribution < 1.29 is 47.9 Å². The third kappa shape index (κ3) is 8.39. The normalized spacial score (nSPS) is 20.4. The average molecular weight is 866 g/mol. The summed E-state index contributed by atoms with van der Waals surface area (Å²) in [6, 6.07) is -0.906. The SMILES string of the molecule is CC(C)C(N[C-]=O)C(=O)OCC1CC(F)C(n2cc(F)c([NH-])nc2=O)O1.CCC.[Fm].[Ir]. The zero-order valence-electron chi connectivity index (χ0n) is 17.4. The van der Waals surface area contributed by atoms with Crippen molar-refractivity contribution in [2.45, 2.75) is 65.1 Å². The maximum Gasteiger partial charge on any atom is 0.326 e. The molecule has 0 aromatic carbocycles. The summed E-state index contributed by atoms with van der Waals surface area (Å²) in [4.78, 5) is 37.2. The Morgan fingerprint density at radius 3 is 2.58 bits per heavy atom. The van der Waals surface area contributed by atoms with E-state index in [-0.39, 0.29) is 39.1 Å². The predicted molar refractivity (Wildman–Crippen MR) is 100 cm³/mol. The van der Waals surface area contributed by atoms with Crippen molar-refractivity contribution in [3.63, 3.8) is 0 Å². The maximum absolute atomic E-state index is 14.2. The quantitative estimate of drug-likeness (QED) is 0.255. The molecule has 9 nitrogen and oxygen atoms in total. The van der Waals surface area contributed by atoms with Gasteiger partial charge in [-0.2, -0.15) is 6.41 Å². The van der Waals surface area contributed by atoms with E-state index in [1.165, 1.54) is 12.8 Å². The minimum atomic E-state index is -1.66. The molecule has 2 rings (SSSR count). The molecule has 31 heavy (non-hydrogen) atoms. The van der Waals surface area contributed by atoms with Gasteiger partial charge in [0.15, 0.2) is 6.23 Å².